The van der Waals surface area contributed by atoms with Gasteiger partial charge in [0.15, 0.2) is 0 Å². The number of methoxy groups -OCH3 is 1. The van der Waals surface area contributed by atoms with E-state index >= 15 is 0 Å². The maximum Gasteiger partial charge on any atom is 0.120 e. The molecule has 0 amide bonds. The Morgan fingerprint density at radius 3 is 2.38 bits per heavy atom. The average Bonchev–Trinajstić information content (AvgIpc) is 2.49. The van der Waals surface area contributed by atoms with Crippen molar-refractivity contribution < 1.29 is 4.74 Å². The summed E-state index contributed by atoms with van der Waals surface area (Å²) in [7, 11) is 1.65. The second-order valence-corrected chi connectivity index (χ2v) is 5.27. The molecule has 0 aliphatic rings. The molecule has 4 heteroatoms. The molecule has 0 saturated heterocycles. The van der Waals surface area contributed by atoms with Crippen molar-refractivity contribution in [1.29, 1.82) is 0 Å². The van der Waals surface area contributed by atoms with Crippen LogP contribution in [0.1, 0.15) is 18.1 Å². The molecule has 0 unspecified atom stereocenters. The van der Waals surface area contributed by atoms with Crippen LogP contribution in [0, 0.1) is 6.92 Å². The van der Waals surface area contributed by atoms with E-state index in [9.17, 15) is 0 Å². The summed E-state index contributed by atoms with van der Waals surface area (Å²) >= 11 is 5.18. The van der Waals surface area contributed by atoms with Crippen molar-refractivity contribution in [2.24, 2.45) is 5.73 Å². The van der Waals surface area contributed by atoms with Gasteiger partial charge in [0.25, 0.3) is 0 Å². The molecule has 0 spiro atoms. The van der Waals surface area contributed by atoms with Crippen molar-refractivity contribution in [3.63, 3.8) is 0 Å². The Bertz CT molecular complexity index is 638. The van der Waals surface area contributed by atoms with E-state index in [0.717, 1.165) is 29.2 Å². The van der Waals surface area contributed by atoms with Crippen molar-refractivity contribution in [2.75, 3.05) is 18.6 Å². The summed E-state index contributed by atoms with van der Waals surface area (Å²) in [6.45, 7) is 4.99. The minimum Gasteiger partial charge on any atom is -0.497 e. The number of nitrogens with zero attached hydrogens (tertiary/aromatic N) is 1. The van der Waals surface area contributed by atoms with Gasteiger partial charge in [0.05, 0.1) is 12.8 Å². The van der Waals surface area contributed by atoms with Crippen LogP contribution >= 0.6 is 12.2 Å². The molecule has 0 aromatic heterocycles. The first-order chi connectivity index (χ1) is 10.1. The summed E-state index contributed by atoms with van der Waals surface area (Å²) in [6, 6.07) is 14.1. The molecule has 0 atom stereocenters. The standard InChI is InChI=1S/C17H20N2OS/c1-4-19(13-7-5-12(2)6-8-13)16-11-14(20-3)9-10-15(16)17(18)21/h5-11H,4H2,1-3H3,(H2,18,21). The maximum atomic E-state index is 5.86. The van der Waals surface area contributed by atoms with E-state index in [2.05, 4.69) is 43.0 Å². The summed E-state index contributed by atoms with van der Waals surface area (Å²) in [5.41, 5.74) is 10.0. The molecule has 2 aromatic rings. The first-order valence-corrected chi connectivity index (χ1v) is 7.29. The number of ether oxygens (including phenoxy) is 1. The Morgan fingerprint density at radius 1 is 1.19 bits per heavy atom. The van der Waals surface area contributed by atoms with Crippen LogP contribution in [0.5, 0.6) is 5.75 Å². The van der Waals surface area contributed by atoms with Gasteiger partial charge >= 0.3 is 0 Å². The molecule has 2 N–H and O–H groups in total. The van der Waals surface area contributed by atoms with Gasteiger partial charge in [-0.2, -0.15) is 0 Å². The number of hydrogen-bond donors (Lipinski definition) is 1. The molecule has 0 radical (unpaired) electrons. The quantitative estimate of drug-likeness (QED) is 0.853. The third-order valence-corrected chi connectivity index (χ3v) is 3.64. The molecular formula is C17H20N2OS. The first kappa shape index (κ1) is 15.3. The highest BCUT2D eigenvalue weighted by molar-refractivity contribution is 7.80. The fourth-order valence-corrected chi connectivity index (χ4v) is 2.46. The predicted molar refractivity (Wildman–Crippen MR) is 92.7 cm³/mol. The number of thiocarbonyl (C=S) groups is 1. The van der Waals surface area contributed by atoms with E-state index < -0.39 is 0 Å². The van der Waals surface area contributed by atoms with Crippen LogP contribution in [-0.2, 0) is 0 Å². The normalized spacial score (nSPS) is 10.2. The van der Waals surface area contributed by atoms with Gasteiger partial charge in [0.2, 0.25) is 0 Å². The molecule has 3 nitrogen and oxygen atoms in total. The van der Waals surface area contributed by atoms with E-state index in [1.54, 1.807) is 7.11 Å². The zero-order chi connectivity index (χ0) is 15.4. The number of hydrogen-bond acceptors (Lipinski definition) is 3. The van der Waals surface area contributed by atoms with E-state index in [0.29, 0.717) is 4.99 Å². The van der Waals surface area contributed by atoms with Crippen molar-refractivity contribution in [3.8, 4) is 5.75 Å². The smallest absolute Gasteiger partial charge is 0.120 e. The van der Waals surface area contributed by atoms with Crippen LogP contribution in [0.4, 0.5) is 11.4 Å². The Kier molecular flexibility index (Phi) is 4.81. The van der Waals surface area contributed by atoms with Crippen LogP contribution in [0.3, 0.4) is 0 Å². The molecule has 0 aliphatic carbocycles. The minimum atomic E-state index is 0.387. The Morgan fingerprint density at radius 2 is 1.86 bits per heavy atom. The Hall–Kier alpha value is -2.07. The van der Waals surface area contributed by atoms with Crippen LogP contribution in [0.25, 0.3) is 0 Å². The number of rotatable bonds is 5. The minimum absolute atomic E-state index is 0.387. The van der Waals surface area contributed by atoms with Gasteiger partial charge < -0.3 is 15.4 Å². The van der Waals surface area contributed by atoms with Crippen molar-refractivity contribution in [1.82, 2.24) is 0 Å². The van der Waals surface area contributed by atoms with Gasteiger partial charge in [-0.3, -0.25) is 0 Å². The Labute approximate surface area is 131 Å². The number of aryl methyl sites for hydroxylation is 1. The second kappa shape index (κ2) is 6.59. The molecule has 21 heavy (non-hydrogen) atoms. The predicted octanol–water partition coefficient (Wildman–Crippen LogP) is 3.80. The molecule has 2 aromatic carbocycles. The number of anilines is 2. The van der Waals surface area contributed by atoms with Crippen LogP contribution < -0.4 is 15.4 Å². The van der Waals surface area contributed by atoms with Gasteiger partial charge in [-0.05, 0) is 38.1 Å². The second-order valence-electron chi connectivity index (χ2n) is 4.83. The lowest BCUT2D eigenvalue weighted by atomic mass is 10.1. The monoisotopic (exact) mass is 300 g/mol. The molecule has 0 heterocycles. The average molecular weight is 300 g/mol. The van der Waals surface area contributed by atoms with Crippen molar-refractivity contribution in [3.05, 3.63) is 53.6 Å². The molecule has 0 fully saturated rings. The zero-order valence-electron chi connectivity index (χ0n) is 12.6. The Balaban J connectivity index is 2.54. The molecule has 0 bridgehead atoms. The molecule has 110 valence electrons. The first-order valence-electron chi connectivity index (χ1n) is 6.89. The van der Waals surface area contributed by atoms with Gasteiger partial charge in [-0.15, -0.1) is 0 Å². The summed E-state index contributed by atoms with van der Waals surface area (Å²) in [4.78, 5) is 2.56. The van der Waals surface area contributed by atoms with Crippen LogP contribution in [0.2, 0.25) is 0 Å². The van der Waals surface area contributed by atoms with Gasteiger partial charge in [0.1, 0.15) is 10.7 Å². The lowest BCUT2D eigenvalue weighted by Crippen LogP contribution is -2.21. The zero-order valence-corrected chi connectivity index (χ0v) is 13.4. The highest BCUT2D eigenvalue weighted by atomic mass is 32.1. The van der Waals surface area contributed by atoms with E-state index in [1.807, 2.05) is 18.2 Å². The number of nitrogens with two attached hydrogens (primary N) is 1. The van der Waals surface area contributed by atoms with E-state index in [4.69, 9.17) is 22.7 Å². The van der Waals surface area contributed by atoms with Crippen LogP contribution in [0.15, 0.2) is 42.5 Å². The van der Waals surface area contributed by atoms with Gasteiger partial charge in [-0.1, -0.05) is 29.9 Å². The summed E-state index contributed by atoms with van der Waals surface area (Å²) < 4.78 is 5.33. The van der Waals surface area contributed by atoms with Crippen LogP contribution in [-0.4, -0.2) is 18.6 Å². The molecule has 0 saturated carbocycles. The molecule has 0 aliphatic heterocycles. The third-order valence-electron chi connectivity index (χ3n) is 3.42. The van der Waals surface area contributed by atoms with E-state index in [-0.39, 0.29) is 0 Å². The highest BCUT2D eigenvalue weighted by Gasteiger charge is 2.14. The summed E-state index contributed by atoms with van der Waals surface area (Å²) in [5, 5.41) is 0. The largest absolute Gasteiger partial charge is 0.497 e. The summed E-state index contributed by atoms with van der Waals surface area (Å²) in [6.07, 6.45) is 0. The lowest BCUT2D eigenvalue weighted by molar-refractivity contribution is 0.415. The highest BCUT2D eigenvalue weighted by Crippen LogP contribution is 2.32. The fourth-order valence-electron chi connectivity index (χ4n) is 2.29. The van der Waals surface area contributed by atoms with Crippen molar-refractivity contribution >= 4 is 28.6 Å². The SMILES string of the molecule is CCN(c1ccc(C)cc1)c1cc(OC)ccc1C(N)=S. The topological polar surface area (TPSA) is 38.5 Å². The summed E-state index contributed by atoms with van der Waals surface area (Å²) in [5.74, 6) is 0.788. The molecule has 2 rings (SSSR count). The van der Waals surface area contributed by atoms with Gasteiger partial charge in [0, 0.05) is 23.9 Å². The lowest BCUT2D eigenvalue weighted by Gasteiger charge is -2.26. The third kappa shape index (κ3) is 3.34. The number of benzene rings is 2. The fraction of sp³-hybridized carbons (Fsp3) is 0.235. The van der Waals surface area contributed by atoms with Crippen molar-refractivity contribution in [2.45, 2.75) is 13.8 Å². The van der Waals surface area contributed by atoms with Gasteiger partial charge in [-0.25, -0.2) is 0 Å². The molecular weight excluding hydrogens is 280 g/mol. The van der Waals surface area contributed by atoms with E-state index in [1.165, 1.54) is 5.56 Å². The maximum absolute atomic E-state index is 5.86.